The average molecular weight is 1270 g/mol. The fourth-order valence-corrected chi connectivity index (χ4v) is 24.2. The van der Waals surface area contributed by atoms with Crippen molar-refractivity contribution in [2.75, 3.05) is 24.6 Å². The van der Waals surface area contributed by atoms with Gasteiger partial charge in [-0.25, -0.2) is 0 Å². The largest absolute Gasteiger partial charge is 2.00 e. The van der Waals surface area contributed by atoms with E-state index in [0.717, 1.165) is 0 Å². The number of fused-ring (bicyclic) bond motifs is 2. The summed E-state index contributed by atoms with van der Waals surface area (Å²) in [6.45, 7) is 0. The van der Waals surface area contributed by atoms with Crippen molar-refractivity contribution in [3.63, 3.8) is 0 Å². The van der Waals surface area contributed by atoms with E-state index in [1.807, 2.05) is 0 Å². The van der Waals surface area contributed by atoms with E-state index in [0.29, 0.717) is 0 Å². The maximum atomic E-state index is 11.1. The fourth-order valence-electron chi connectivity index (χ4n) is 9.59. The number of hydrogen-bond acceptors (Lipinski definition) is 6. The average Bonchev–Trinajstić information content (AvgIpc) is 4.07. The van der Waals surface area contributed by atoms with Crippen LogP contribution < -0.4 is 52.6 Å². The van der Waals surface area contributed by atoms with E-state index in [9.17, 15) is 27.0 Å². The minimum Gasteiger partial charge on any atom is -0.858 e. The third kappa shape index (κ3) is 16.3. The molecule has 0 saturated heterocycles. The Bertz CT molecular complexity index is 3270. The zero-order valence-corrected chi connectivity index (χ0v) is 51.2. The minimum atomic E-state index is -3.68. The molecule has 2 heterocycles. The molecule has 2 aliphatic heterocycles. The van der Waals surface area contributed by atoms with Crippen molar-refractivity contribution < 1.29 is 47.5 Å². The first-order valence-corrected chi connectivity index (χ1v) is 35.9. The van der Waals surface area contributed by atoms with Crippen molar-refractivity contribution in [1.29, 1.82) is 0 Å². The first-order chi connectivity index (χ1) is 39.1. The predicted octanol–water partition coefficient (Wildman–Crippen LogP) is 8.42. The van der Waals surface area contributed by atoms with E-state index in [1.165, 1.54) is 91.3 Å². The normalized spacial score (nSPS) is 13.1. The molecule has 0 amide bonds. The molecule has 0 spiro atoms. The van der Waals surface area contributed by atoms with Crippen LogP contribution in [0.2, 0.25) is 0 Å². The molecule has 408 valence electrons. The van der Waals surface area contributed by atoms with Crippen LogP contribution in [0.1, 0.15) is 11.1 Å². The van der Waals surface area contributed by atoms with Crippen molar-refractivity contribution in [3.05, 3.63) is 302 Å². The van der Waals surface area contributed by atoms with E-state index in [2.05, 4.69) is 251 Å². The molecular formula is C66H60N2O6P4PdS2+4. The fraction of sp³-hybridized carbons (Fsp3) is 0.0606. The summed E-state index contributed by atoms with van der Waals surface area (Å²) in [6.07, 6.45) is 5.04. The van der Waals surface area contributed by atoms with E-state index in [1.54, 1.807) is 24.3 Å². The third-order valence-corrected chi connectivity index (χ3v) is 28.3. The molecule has 0 atom stereocenters. The van der Waals surface area contributed by atoms with Gasteiger partial charge in [-0.1, -0.05) is 182 Å². The summed E-state index contributed by atoms with van der Waals surface area (Å²) in [5.74, 6) is -1.35. The molecule has 0 unspecified atom stereocenters. The summed E-state index contributed by atoms with van der Waals surface area (Å²) in [5, 5.41) is 34.0. The van der Waals surface area contributed by atoms with Crippen LogP contribution >= 0.6 is 31.7 Å². The van der Waals surface area contributed by atoms with Crippen LogP contribution in [-0.2, 0) is 40.5 Å². The predicted molar refractivity (Wildman–Crippen MR) is 342 cm³/mol. The molecule has 81 heavy (non-hydrogen) atoms. The molecular weight excluding hydrogens is 1210 g/mol. The van der Waals surface area contributed by atoms with Gasteiger partial charge in [-0.3, -0.25) is 0 Å². The van der Waals surface area contributed by atoms with Crippen molar-refractivity contribution in [1.82, 2.24) is 0 Å². The number of sulfonamides is 2. The van der Waals surface area contributed by atoms with Crippen LogP contribution in [0, 0.1) is 0 Å². The monoisotopic (exact) mass is 1270 g/mol. The summed E-state index contributed by atoms with van der Waals surface area (Å²) < 4.78 is 50.3. The van der Waals surface area contributed by atoms with Gasteiger partial charge in [0.2, 0.25) is 0 Å². The SMILES string of the molecule is O=S1(=O)N=C([O-])c2ccccc21.O=S1(=O)N=C([O-])c2ccccc21.[Pd+2].c1ccc([PH+](CC[PH+](c2ccccc2)c2ccccc2)c2ccccc2)cc1.c1ccc([PH+](CC[PH+](c2ccccc2)c2ccccc2)c2ccccc2)cc1. The second-order valence-corrected chi connectivity index (χ2v) is 32.2. The summed E-state index contributed by atoms with van der Waals surface area (Å²) in [7, 11) is -10.5. The van der Waals surface area contributed by atoms with Crippen molar-refractivity contribution in [2.45, 2.75) is 9.79 Å². The molecule has 0 aromatic heterocycles. The molecule has 2 aliphatic rings. The molecule has 10 aromatic carbocycles. The molecule has 12 rings (SSSR count). The van der Waals surface area contributed by atoms with Gasteiger partial charge in [0, 0.05) is 22.9 Å². The Morgan fingerprint density at radius 2 is 0.420 bits per heavy atom. The maximum absolute atomic E-state index is 11.1. The summed E-state index contributed by atoms with van der Waals surface area (Å²) >= 11 is 0. The summed E-state index contributed by atoms with van der Waals surface area (Å²) in [5.41, 5.74) is 0.329. The van der Waals surface area contributed by atoms with Gasteiger partial charge in [-0.2, -0.15) is 25.6 Å². The van der Waals surface area contributed by atoms with E-state index < -0.39 is 63.5 Å². The van der Waals surface area contributed by atoms with Crippen LogP contribution in [0.4, 0.5) is 0 Å². The number of rotatable bonds is 14. The molecule has 10 aromatic rings. The zero-order valence-electron chi connectivity index (χ0n) is 44.0. The van der Waals surface area contributed by atoms with Crippen LogP contribution in [0.3, 0.4) is 0 Å². The molecule has 0 radical (unpaired) electrons. The van der Waals surface area contributed by atoms with Gasteiger partial charge in [0.25, 0.3) is 20.0 Å². The topological polar surface area (TPSA) is 139 Å². The Labute approximate surface area is 495 Å². The van der Waals surface area contributed by atoms with E-state index >= 15 is 0 Å². The van der Waals surface area contributed by atoms with Gasteiger partial charge in [-0.05, 0) is 109 Å². The first kappa shape index (κ1) is 60.5. The standard InChI is InChI=1S/2C26H24P2.2C7H5NO3S.Pd/c2*1-5-13-23(14-6-1)27(24-15-7-2-8-16-24)21-22-28(25-17-9-3-10-18-25)26-19-11-4-12-20-26;2*9-7-5-3-1-2-4-6(5)12(10,11)8-7;/h2*1-20H,21-22H2;2*1-4H,(H,8,9);/q;;;;+2/p+2. The minimum absolute atomic E-state index is 0. The summed E-state index contributed by atoms with van der Waals surface area (Å²) in [4.78, 5) is 0.0185. The van der Waals surface area contributed by atoms with Crippen LogP contribution in [0.15, 0.2) is 310 Å². The second kappa shape index (κ2) is 29.9. The number of benzene rings is 10. The molecule has 0 saturated carbocycles. The van der Waals surface area contributed by atoms with Gasteiger partial charge >= 0.3 is 20.4 Å². The Kier molecular flexibility index (Phi) is 22.4. The van der Waals surface area contributed by atoms with Crippen LogP contribution in [-0.4, -0.2) is 53.3 Å². The quantitative estimate of drug-likeness (QED) is 0.0792. The Hall–Kier alpha value is -6.58. The number of hydrogen-bond donors (Lipinski definition) is 0. The Morgan fingerprint density at radius 3 is 0.593 bits per heavy atom. The molecule has 0 aliphatic carbocycles. The first-order valence-electron chi connectivity index (χ1n) is 26.1. The Balaban J connectivity index is 0.000000151. The Morgan fingerprint density at radius 1 is 0.259 bits per heavy atom. The van der Waals surface area contributed by atoms with Crippen LogP contribution in [0.25, 0.3) is 0 Å². The van der Waals surface area contributed by atoms with Crippen molar-refractivity contribution in [2.24, 2.45) is 8.80 Å². The third-order valence-electron chi connectivity index (χ3n) is 13.4. The second-order valence-electron chi connectivity index (χ2n) is 18.6. The summed E-state index contributed by atoms with van der Waals surface area (Å²) in [6, 6.07) is 101. The number of nitrogens with zero attached hydrogens (tertiary/aromatic N) is 2. The zero-order chi connectivity index (χ0) is 55.6. The van der Waals surface area contributed by atoms with Crippen molar-refractivity contribution >= 4 is 106 Å². The van der Waals surface area contributed by atoms with Gasteiger partial charge in [-0.15, -0.1) is 0 Å². The van der Waals surface area contributed by atoms with Crippen LogP contribution in [0.5, 0.6) is 0 Å². The molecule has 0 bridgehead atoms. The van der Waals surface area contributed by atoms with Crippen molar-refractivity contribution in [3.8, 4) is 0 Å². The van der Waals surface area contributed by atoms with Gasteiger partial charge in [0.1, 0.15) is 24.6 Å². The molecule has 15 heteroatoms. The molecule has 8 nitrogen and oxygen atoms in total. The molecule has 0 fully saturated rings. The van der Waals surface area contributed by atoms with E-state index in [4.69, 9.17) is 0 Å². The molecule has 0 N–H and O–H groups in total. The van der Waals surface area contributed by atoms with Gasteiger partial charge in [0.15, 0.2) is 0 Å². The van der Waals surface area contributed by atoms with E-state index in [-0.39, 0.29) is 41.3 Å². The smallest absolute Gasteiger partial charge is 0.858 e. The maximum Gasteiger partial charge on any atom is 2.00 e. The van der Waals surface area contributed by atoms with Gasteiger partial charge in [0.05, 0.1) is 83.9 Å². The van der Waals surface area contributed by atoms with Gasteiger partial charge < -0.3 is 10.2 Å².